The molecule has 0 fully saturated rings. The maximum atomic E-state index is 11.8. The van der Waals surface area contributed by atoms with Gasteiger partial charge in [0.1, 0.15) is 0 Å². The second kappa shape index (κ2) is 11.2. The Morgan fingerprint density at radius 3 is 2.42 bits per heavy atom. The van der Waals surface area contributed by atoms with Crippen LogP contribution in [0.1, 0.15) is 52.9 Å². The van der Waals surface area contributed by atoms with Crippen LogP contribution in [0.25, 0.3) is 0 Å². The number of amides is 1. The van der Waals surface area contributed by atoms with Crippen LogP contribution >= 0.6 is 0 Å². The third kappa shape index (κ3) is 9.00. The van der Waals surface area contributed by atoms with E-state index in [4.69, 9.17) is 10.8 Å². The lowest BCUT2D eigenvalue weighted by Gasteiger charge is -2.20. The number of aliphatic hydroxyl groups is 1. The largest absolute Gasteiger partial charge is 0.396 e. The van der Waals surface area contributed by atoms with Crippen LogP contribution in [0.15, 0.2) is 0 Å². The van der Waals surface area contributed by atoms with Crippen molar-refractivity contribution in [2.75, 3.05) is 19.7 Å². The highest BCUT2D eigenvalue weighted by Crippen LogP contribution is 2.20. The zero-order valence-corrected chi connectivity index (χ0v) is 12.8. The second-order valence-electron chi connectivity index (χ2n) is 5.71. The van der Waals surface area contributed by atoms with Crippen molar-refractivity contribution in [3.8, 4) is 0 Å². The minimum absolute atomic E-state index is 0.124. The third-order valence-corrected chi connectivity index (χ3v) is 3.93. The first kappa shape index (κ1) is 18.4. The maximum Gasteiger partial charge on any atom is 0.220 e. The fourth-order valence-corrected chi connectivity index (χ4v) is 2.32. The molecule has 114 valence electrons. The molecule has 0 heterocycles. The predicted molar refractivity (Wildman–Crippen MR) is 79.7 cm³/mol. The Kier molecular flexibility index (Phi) is 10.9. The Labute approximate surface area is 118 Å². The van der Waals surface area contributed by atoms with Gasteiger partial charge < -0.3 is 16.2 Å². The van der Waals surface area contributed by atoms with Gasteiger partial charge in [-0.1, -0.05) is 27.2 Å². The molecule has 0 aliphatic heterocycles. The van der Waals surface area contributed by atoms with Gasteiger partial charge in [0.15, 0.2) is 0 Å². The van der Waals surface area contributed by atoms with E-state index < -0.39 is 0 Å². The lowest BCUT2D eigenvalue weighted by molar-refractivity contribution is -0.121. The van der Waals surface area contributed by atoms with Crippen molar-refractivity contribution >= 4 is 5.91 Å². The summed E-state index contributed by atoms with van der Waals surface area (Å²) in [7, 11) is 0. The van der Waals surface area contributed by atoms with E-state index in [1.165, 1.54) is 0 Å². The van der Waals surface area contributed by atoms with E-state index >= 15 is 0 Å². The minimum atomic E-state index is 0.124. The first-order chi connectivity index (χ1) is 9.04. The van der Waals surface area contributed by atoms with Crippen LogP contribution in [0.3, 0.4) is 0 Å². The second-order valence-corrected chi connectivity index (χ2v) is 5.71. The summed E-state index contributed by atoms with van der Waals surface area (Å²) in [6.07, 6.45) is 4.24. The van der Waals surface area contributed by atoms with Crippen molar-refractivity contribution < 1.29 is 9.90 Å². The molecule has 1 amide bonds. The number of aliphatic hydroxyl groups excluding tert-OH is 1. The topological polar surface area (TPSA) is 75.3 Å². The van der Waals surface area contributed by atoms with Crippen molar-refractivity contribution in [2.24, 2.45) is 23.5 Å². The van der Waals surface area contributed by atoms with E-state index in [0.717, 1.165) is 25.7 Å². The third-order valence-electron chi connectivity index (χ3n) is 3.93. The van der Waals surface area contributed by atoms with Crippen molar-refractivity contribution in [2.45, 2.75) is 52.9 Å². The summed E-state index contributed by atoms with van der Waals surface area (Å²) >= 11 is 0. The van der Waals surface area contributed by atoms with Crippen molar-refractivity contribution in [3.63, 3.8) is 0 Å². The van der Waals surface area contributed by atoms with E-state index in [-0.39, 0.29) is 12.5 Å². The lowest BCUT2D eigenvalue weighted by Crippen LogP contribution is -2.30. The molecule has 19 heavy (non-hydrogen) atoms. The summed E-state index contributed by atoms with van der Waals surface area (Å²) in [5, 5.41) is 11.9. The Balaban J connectivity index is 3.90. The molecule has 4 N–H and O–H groups in total. The van der Waals surface area contributed by atoms with E-state index in [9.17, 15) is 4.79 Å². The van der Waals surface area contributed by atoms with Crippen LogP contribution in [0.5, 0.6) is 0 Å². The summed E-state index contributed by atoms with van der Waals surface area (Å²) in [4.78, 5) is 11.8. The first-order valence-corrected chi connectivity index (χ1v) is 7.62. The zero-order chi connectivity index (χ0) is 14.7. The molecule has 0 aromatic heterocycles. The predicted octanol–water partition coefficient (Wildman–Crippen LogP) is 1.91. The molecule has 0 radical (unpaired) electrons. The summed E-state index contributed by atoms with van der Waals surface area (Å²) in [5.41, 5.74) is 5.60. The number of carbonyl (C=O) groups excluding carboxylic acids is 1. The van der Waals surface area contributed by atoms with E-state index in [2.05, 4.69) is 26.1 Å². The molecule has 0 spiro atoms. The number of rotatable bonds is 11. The van der Waals surface area contributed by atoms with Gasteiger partial charge >= 0.3 is 0 Å². The Bertz CT molecular complexity index is 232. The van der Waals surface area contributed by atoms with Gasteiger partial charge in [-0.15, -0.1) is 0 Å². The van der Waals surface area contributed by atoms with Crippen LogP contribution in [0.4, 0.5) is 0 Å². The smallest absolute Gasteiger partial charge is 0.220 e. The molecule has 0 aliphatic rings. The highest BCUT2D eigenvalue weighted by molar-refractivity contribution is 5.75. The van der Waals surface area contributed by atoms with Gasteiger partial charge in [-0.25, -0.2) is 0 Å². The summed E-state index contributed by atoms with van der Waals surface area (Å²) in [5.74, 6) is 1.63. The Morgan fingerprint density at radius 2 is 1.95 bits per heavy atom. The maximum absolute atomic E-state index is 11.8. The molecule has 0 aliphatic carbocycles. The lowest BCUT2D eigenvalue weighted by atomic mass is 9.88. The molecule has 0 aromatic carbocycles. The highest BCUT2D eigenvalue weighted by atomic mass is 16.3. The first-order valence-electron chi connectivity index (χ1n) is 7.62. The SMILES string of the molecule is CCC(CCO)CNC(=O)CCC(CCN)C(C)C. The Morgan fingerprint density at radius 1 is 1.26 bits per heavy atom. The van der Waals surface area contributed by atoms with Crippen molar-refractivity contribution in [3.05, 3.63) is 0 Å². The van der Waals surface area contributed by atoms with Crippen LogP contribution < -0.4 is 11.1 Å². The van der Waals surface area contributed by atoms with Gasteiger partial charge in [-0.2, -0.15) is 0 Å². The number of hydrogen-bond acceptors (Lipinski definition) is 3. The van der Waals surface area contributed by atoms with Gasteiger partial charge in [0.25, 0.3) is 0 Å². The number of carbonyl (C=O) groups is 1. The summed E-state index contributed by atoms with van der Waals surface area (Å²) < 4.78 is 0. The van der Waals surface area contributed by atoms with Crippen LogP contribution in [-0.4, -0.2) is 30.7 Å². The molecule has 4 nitrogen and oxygen atoms in total. The van der Waals surface area contributed by atoms with E-state index in [1.807, 2.05) is 0 Å². The molecule has 0 bridgehead atoms. The average Bonchev–Trinajstić information content (AvgIpc) is 2.38. The van der Waals surface area contributed by atoms with Crippen molar-refractivity contribution in [1.82, 2.24) is 5.32 Å². The normalized spacial score (nSPS) is 14.4. The van der Waals surface area contributed by atoms with Gasteiger partial charge in [0, 0.05) is 19.6 Å². The van der Waals surface area contributed by atoms with Gasteiger partial charge in [-0.3, -0.25) is 4.79 Å². The summed E-state index contributed by atoms with van der Waals surface area (Å²) in [6.45, 7) is 8.03. The number of nitrogens with two attached hydrogens (primary N) is 1. The number of hydrogen-bond donors (Lipinski definition) is 3. The zero-order valence-electron chi connectivity index (χ0n) is 12.8. The molecule has 2 unspecified atom stereocenters. The number of nitrogens with one attached hydrogen (secondary N) is 1. The average molecular weight is 272 g/mol. The van der Waals surface area contributed by atoms with Crippen LogP contribution in [0.2, 0.25) is 0 Å². The molecule has 0 saturated heterocycles. The molecule has 0 saturated carbocycles. The summed E-state index contributed by atoms with van der Waals surface area (Å²) in [6, 6.07) is 0. The van der Waals surface area contributed by atoms with Gasteiger partial charge in [0.2, 0.25) is 5.91 Å². The fourth-order valence-electron chi connectivity index (χ4n) is 2.32. The molecular weight excluding hydrogens is 240 g/mol. The monoisotopic (exact) mass is 272 g/mol. The van der Waals surface area contributed by atoms with Crippen LogP contribution in [-0.2, 0) is 4.79 Å². The van der Waals surface area contributed by atoms with E-state index in [1.54, 1.807) is 0 Å². The molecule has 2 atom stereocenters. The van der Waals surface area contributed by atoms with Crippen LogP contribution in [0, 0.1) is 17.8 Å². The molecule has 4 heteroatoms. The highest BCUT2D eigenvalue weighted by Gasteiger charge is 2.15. The van der Waals surface area contributed by atoms with Gasteiger partial charge in [-0.05, 0) is 43.6 Å². The standard InChI is InChI=1S/C15H32N2O2/c1-4-13(8-10-18)11-17-15(19)6-5-14(7-9-16)12(2)3/h12-14,18H,4-11,16H2,1-3H3,(H,17,19). The van der Waals surface area contributed by atoms with E-state index in [0.29, 0.717) is 37.3 Å². The minimum Gasteiger partial charge on any atom is -0.396 e. The Hall–Kier alpha value is -0.610. The molecule has 0 aromatic rings. The van der Waals surface area contributed by atoms with Gasteiger partial charge in [0.05, 0.1) is 0 Å². The molecule has 0 rings (SSSR count). The van der Waals surface area contributed by atoms with Crippen molar-refractivity contribution in [1.29, 1.82) is 0 Å². The molecular formula is C15H32N2O2. The fraction of sp³-hybridized carbons (Fsp3) is 0.933. The quantitative estimate of drug-likeness (QED) is 0.538.